The van der Waals surface area contributed by atoms with Crippen molar-refractivity contribution in [2.45, 2.75) is 6.54 Å². The number of rotatable bonds is 5. The van der Waals surface area contributed by atoms with Gasteiger partial charge in [-0.05, 0) is 24.3 Å². The van der Waals surface area contributed by atoms with Crippen molar-refractivity contribution in [2.24, 2.45) is 7.05 Å². The second kappa shape index (κ2) is 9.09. The van der Waals surface area contributed by atoms with Gasteiger partial charge in [0, 0.05) is 36.5 Å². The number of aryl methyl sites for hydroxylation is 1. The number of nitrogens with two attached hydrogens (primary N) is 1. The molecule has 0 saturated carbocycles. The molecular formula is C23H16ClF3N8O2. The molecule has 2 aromatic carbocycles. The topological polar surface area (TPSA) is 126 Å². The molecule has 0 fully saturated rings. The highest BCUT2D eigenvalue weighted by Crippen LogP contribution is 2.29. The average Bonchev–Trinajstić information content (AvgIpc) is 3.18. The summed E-state index contributed by atoms with van der Waals surface area (Å²) in [6, 6.07) is 5.48. The predicted octanol–water partition coefficient (Wildman–Crippen LogP) is 3.12. The molecule has 0 atom stereocenters. The van der Waals surface area contributed by atoms with Gasteiger partial charge in [0.05, 0.1) is 40.3 Å². The van der Waals surface area contributed by atoms with Crippen LogP contribution in [-0.4, -0.2) is 28.9 Å². The fraction of sp³-hybridized carbons (Fsp3) is 0.0870. The van der Waals surface area contributed by atoms with Gasteiger partial charge in [0.15, 0.2) is 11.6 Å². The van der Waals surface area contributed by atoms with E-state index >= 15 is 0 Å². The Hall–Kier alpha value is -4.65. The zero-order chi connectivity index (χ0) is 26.4. The van der Waals surface area contributed by atoms with Gasteiger partial charge >= 0.3 is 11.4 Å². The molecule has 10 nitrogen and oxygen atoms in total. The second-order valence-corrected chi connectivity index (χ2v) is 8.48. The van der Waals surface area contributed by atoms with Crippen molar-refractivity contribution in [3.63, 3.8) is 0 Å². The van der Waals surface area contributed by atoms with E-state index < -0.39 is 35.4 Å². The Bertz CT molecular complexity index is 1820. The molecule has 3 heterocycles. The minimum Gasteiger partial charge on any atom is -0.397 e. The van der Waals surface area contributed by atoms with E-state index in [2.05, 4.69) is 20.4 Å². The van der Waals surface area contributed by atoms with Crippen LogP contribution >= 0.6 is 11.6 Å². The summed E-state index contributed by atoms with van der Waals surface area (Å²) < 4.78 is 45.0. The summed E-state index contributed by atoms with van der Waals surface area (Å²) >= 11 is 6.38. The molecule has 0 amide bonds. The maximum atomic E-state index is 14.5. The van der Waals surface area contributed by atoms with Crippen LogP contribution in [-0.2, 0) is 13.6 Å². The summed E-state index contributed by atoms with van der Waals surface area (Å²) in [6.07, 6.45) is 4.24. The summed E-state index contributed by atoms with van der Waals surface area (Å²) in [6.45, 7) is -0.611. The number of pyridine rings is 1. The zero-order valence-corrected chi connectivity index (χ0v) is 19.7. The lowest BCUT2D eigenvalue weighted by molar-refractivity contribution is 0.487. The highest BCUT2D eigenvalue weighted by Gasteiger charge is 2.19. The number of hydrogen-bond acceptors (Lipinski definition) is 7. The van der Waals surface area contributed by atoms with Crippen LogP contribution < -0.4 is 22.4 Å². The quantitative estimate of drug-likeness (QED) is 0.336. The summed E-state index contributed by atoms with van der Waals surface area (Å²) in [7, 11) is 1.72. The lowest BCUT2D eigenvalue weighted by Crippen LogP contribution is -2.42. The number of halogens is 4. The molecule has 5 aromatic rings. The van der Waals surface area contributed by atoms with Gasteiger partial charge in [0.25, 0.3) is 0 Å². The van der Waals surface area contributed by atoms with Crippen LogP contribution in [0.25, 0.3) is 16.6 Å². The number of nitrogens with one attached hydrogen (secondary N) is 1. The first-order valence-corrected chi connectivity index (χ1v) is 11.0. The van der Waals surface area contributed by atoms with Crippen molar-refractivity contribution in [1.29, 1.82) is 0 Å². The molecule has 0 radical (unpaired) electrons. The van der Waals surface area contributed by atoms with Crippen LogP contribution in [0.4, 0.5) is 30.5 Å². The normalized spacial score (nSPS) is 11.3. The molecule has 0 aliphatic rings. The van der Waals surface area contributed by atoms with Crippen LogP contribution in [0, 0.1) is 17.5 Å². The first-order chi connectivity index (χ1) is 17.6. The zero-order valence-electron chi connectivity index (χ0n) is 18.9. The van der Waals surface area contributed by atoms with Crippen LogP contribution in [0.1, 0.15) is 5.56 Å². The van der Waals surface area contributed by atoms with Crippen molar-refractivity contribution < 1.29 is 13.2 Å². The first kappa shape index (κ1) is 24.1. The van der Waals surface area contributed by atoms with Crippen LogP contribution in [0.5, 0.6) is 0 Å². The summed E-state index contributed by atoms with van der Waals surface area (Å²) in [4.78, 5) is 34.3. The van der Waals surface area contributed by atoms with Crippen molar-refractivity contribution in [3.05, 3.63) is 97.9 Å². The number of nitrogens with zero attached hydrogens (tertiary/aromatic N) is 6. The smallest absolute Gasteiger partial charge is 0.359 e. The third-order valence-corrected chi connectivity index (χ3v) is 5.76. The van der Waals surface area contributed by atoms with Gasteiger partial charge in [0.2, 0.25) is 5.95 Å². The van der Waals surface area contributed by atoms with Gasteiger partial charge in [-0.25, -0.2) is 27.3 Å². The maximum absolute atomic E-state index is 14.5. The first-order valence-electron chi connectivity index (χ1n) is 10.6. The molecule has 188 valence electrons. The molecule has 0 bridgehead atoms. The van der Waals surface area contributed by atoms with E-state index in [9.17, 15) is 22.8 Å². The predicted molar refractivity (Wildman–Crippen MR) is 131 cm³/mol. The van der Waals surface area contributed by atoms with Gasteiger partial charge < -0.3 is 11.1 Å². The molecule has 14 heteroatoms. The number of nitrogen functional groups attached to an aromatic ring is 1. The van der Waals surface area contributed by atoms with Gasteiger partial charge in [-0.15, -0.1) is 0 Å². The molecule has 0 unspecified atom stereocenters. The van der Waals surface area contributed by atoms with Crippen molar-refractivity contribution >= 4 is 39.8 Å². The number of benzene rings is 2. The second-order valence-electron chi connectivity index (χ2n) is 8.07. The molecule has 3 N–H and O–H groups in total. The van der Waals surface area contributed by atoms with E-state index in [4.69, 9.17) is 17.3 Å². The van der Waals surface area contributed by atoms with Crippen molar-refractivity contribution in [3.8, 4) is 5.69 Å². The fourth-order valence-electron chi connectivity index (χ4n) is 3.76. The minimum absolute atomic E-state index is 0.00312. The Morgan fingerprint density at radius 3 is 2.54 bits per heavy atom. The highest BCUT2D eigenvalue weighted by molar-refractivity contribution is 6.34. The molecule has 0 spiro atoms. The molecule has 3 aromatic heterocycles. The van der Waals surface area contributed by atoms with Crippen LogP contribution in [0.2, 0.25) is 5.02 Å². The Morgan fingerprint density at radius 1 is 1.03 bits per heavy atom. The number of hydrogen-bond donors (Lipinski definition) is 2. The number of aromatic nitrogens is 6. The van der Waals surface area contributed by atoms with Gasteiger partial charge in [0.1, 0.15) is 5.82 Å². The molecular weight excluding hydrogens is 513 g/mol. The summed E-state index contributed by atoms with van der Waals surface area (Å²) in [5.41, 5.74) is 4.42. The molecule has 0 aliphatic heterocycles. The van der Waals surface area contributed by atoms with Gasteiger partial charge in [-0.1, -0.05) is 11.6 Å². The monoisotopic (exact) mass is 528 g/mol. The Kier molecular flexibility index (Phi) is 5.91. The van der Waals surface area contributed by atoms with E-state index in [0.717, 1.165) is 4.57 Å². The highest BCUT2D eigenvalue weighted by atomic mass is 35.5. The molecule has 5 rings (SSSR count). The standard InChI is InChI=1S/C23H16ClF3N8O2/c1-33-9-12-3-20(15(24)5-19(12)32-33)30-21-31-22(36)35(14-4-13(28)7-29-8-14)23(37)34(21)10-11-2-17(26)18(27)6-16(11)25/h2-9H,10,28H2,1H3,(H,30,31,36). The SMILES string of the molecule is Cn1cc2cc(Nc3nc(=O)n(-c4cncc(N)c4)c(=O)n3Cc3cc(F)c(F)cc3F)c(Cl)cc2n1. The summed E-state index contributed by atoms with van der Waals surface area (Å²) in [5.74, 6) is -4.13. The maximum Gasteiger partial charge on any atom is 0.359 e. The molecule has 0 aliphatic carbocycles. The van der Waals surface area contributed by atoms with Crippen LogP contribution in [0.15, 0.2) is 58.5 Å². The fourth-order valence-corrected chi connectivity index (χ4v) is 3.97. The third kappa shape index (κ3) is 4.51. The van der Waals surface area contributed by atoms with E-state index in [-0.39, 0.29) is 33.6 Å². The lowest BCUT2D eigenvalue weighted by atomic mass is 10.2. The number of anilines is 3. The Morgan fingerprint density at radius 2 is 1.78 bits per heavy atom. The minimum atomic E-state index is -1.39. The molecule has 37 heavy (non-hydrogen) atoms. The Balaban J connectivity index is 1.70. The lowest BCUT2D eigenvalue weighted by Gasteiger charge is -2.17. The third-order valence-electron chi connectivity index (χ3n) is 5.45. The summed E-state index contributed by atoms with van der Waals surface area (Å²) in [5, 5.41) is 7.96. The van der Waals surface area contributed by atoms with Gasteiger partial charge in [-0.3, -0.25) is 14.2 Å². The van der Waals surface area contributed by atoms with Gasteiger partial charge in [-0.2, -0.15) is 10.1 Å². The Labute approximate surface area is 210 Å². The van der Waals surface area contributed by atoms with E-state index in [1.165, 1.54) is 18.5 Å². The van der Waals surface area contributed by atoms with Crippen molar-refractivity contribution in [1.82, 2.24) is 28.9 Å². The number of fused-ring (bicyclic) bond motifs is 1. The van der Waals surface area contributed by atoms with E-state index in [0.29, 0.717) is 27.6 Å². The van der Waals surface area contributed by atoms with E-state index in [1.54, 1.807) is 30.1 Å². The van der Waals surface area contributed by atoms with E-state index in [1.807, 2.05) is 0 Å². The van der Waals surface area contributed by atoms with Crippen LogP contribution in [0.3, 0.4) is 0 Å². The van der Waals surface area contributed by atoms with Crippen molar-refractivity contribution in [2.75, 3.05) is 11.1 Å². The molecule has 0 saturated heterocycles. The average molecular weight is 529 g/mol. The largest absolute Gasteiger partial charge is 0.397 e.